The number of aliphatic carboxylic acids is 1. The van der Waals surface area contributed by atoms with Gasteiger partial charge in [0.25, 0.3) is 0 Å². The lowest BCUT2D eigenvalue weighted by molar-refractivity contribution is -0.143. The van der Waals surface area contributed by atoms with Gasteiger partial charge in [0.05, 0.1) is 5.41 Å². The number of ether oxygens (including phenoxy) is 1. The molecule has 2 aromatic carbocycles. The van der Waals surface area contributed by atoms with Crippen molar-refractivity contribution < 1.29 is 24.2 Å². The minimum absolute atomic E-state index is 0.0179. The fraction of sp³-hybridized carbons (Fsp3) is 0.444. The molecular weight excluding hydrogens is 432 g/mol. The SMILES string of the molecule is O=C(NCC1CC1C(=O)NC1CC2CC2(C(=O)O)C1)OCC1c2ccccc2-c2ccccc21. The van der Waals surface area contributed by atoms with Crippen molar-refractivity contribution in [1.29, 1.82) is 0 Å². The Balaban J connectivity index is 0.962. The topological polar surface area (TPSA) is 105 Å². The van der Waals surface area contributed by atoms with E-state index in [1.165, 1.54) is 22.3 Å². The van der Waals surface area contributed by atoms with Crippen LogP contribution in [0.4, 0.5) is 4.79 Å². The van der Waals surface area contributed by atoms with Gasteiger partial charge in [0.15, 0.2) is 0 Å². The summed E-state index contributed by atoms with van der Waals surface area (Å²) in [5, 5.41) is 15.2. The molecule has 7 heteroatoms. The van der Waals surface area contributed by atoms with Crippen molar-refractivity contribution in [3.05, 3.63) is 59.7 Å². The molecule has 5 atom stereocenters. The zero-order valence-corrected chi connectivity index (χ0v) is 18.8. The van der Waals surface area contributed by atoms with E-state index >= 15 is 0 Å². The van der Waals surface area contributed by atoms with Crippen LogP contribution < -0.4 is 10.6 Å². The second kappa shape index (κ2) is 7.86. The third-order valence-electron chi connectivity index (χ3n) is 8.30. The van der Waals surface area contributed by atoms with Gasteiger partial charge in [-0.15, -0.1) is 0 Å². The molecule has 6 rings (SSSR count). The molecule has 4 aliphatic rings. The van der Waals surface area contributed by atoms with Crippen LogP contribution in [0.2, 0.25) is 0 Å². The van der Waals surface area contributed by atoms with Gasteiger partial charge < -0.3 is 20.5 Å². The number of carboxylic acids is 1. The highest BCUT2D eigenvalue weighted by Gasteiger charge is 2.65. The van der Waals surface area contributed by atoms with Crippen molar-refractivity contribution in [2.75, 3.05) is 13.2 Å². The number of hydrogen-bond donors (Lipinski definition) is 3. The first-order valence-corrected chi connectivity index (χ1v) is 12.1. The highest BCUT2D eigenvalue weighted by Crippen LogP contribution is 2.63. The van der Waals surface area contributed by atoms with Crippen LogP contribution in [0.1, 0.15) is 42.7 Å². The van der Waals surface area contributed by atoms with Crippen molar-refractivity contribution in [2.24, 2.45) is 23.2 Å². The van der Waals surface area contributed by atoms with Gasteiger partial charge in [-0.3, -0.25) is 9.59 Å². The number of carbonyl (C=O) groups is 3. The minimum Gasteiger partial charge on any atom is -0.481 e. The lowest BCUT2D eigenvalue weighted by atomic mass is 9.98. The second-order valence-electron chi connectivity index (χ2n) is 10.3. The normalized spacial score (nSPS) is 30.0. The summed E-state index contributed by atoms with van der Waals surface area (Å²) < 4.78 is 5.57. The summed E-state index contributed by atoms with van der Waals surface area (Å²) in [6, 6.07) is 16.4. The Morgan fingerprint density at radius 2 is 1.65 bits per heavy atom. The maximum Gasteiger partial charge on any atom is 0.407 e. The van der Waals surface area contributed by atoms with Crippen molar-refractivity contribution >= 4 is 18.0 Å². The van der Waals surface area contributed by atoms with Crippen molar-refractivity contribution in [3.63, 3.8) is 0 Å². The van der Waals surface area contributed by atoms with E-state index in [-0.39, 0.29) is 42.2 Å². The van der Waals surface area contributed by atoms with Crippen molar-refractivity contribution in [2.45, 2.75) is 37.6 Å². The van der Waals surface area contributed by atoms with Crippen LogP contribution in [0.3, 0.4) is 0 Å². The lowest BCUT2D eigenvalue weighted by Crippen LogP contribution is -2.37. The molecule has 4 aliphatic carbocycles. The highest BCUT2D eigenvalue weighted by molar-refractivity contribution is 5.83. The summed E-state index contributed by atoms with van der Waals surface area (Å²) in [6.45, 7) is 0.670. The summed E-state index contributed by atoms with van der Waals surface area (Å²) in [5.74, 6) is -0.543. The van der Waals surface area contributed by atoms with Gasteiger partial charge >= 0.3 is 12.1 Å². The van der Waals surface area contributed by atoms with E-state index in [2.05, 4.69) is 34.9 Å². The van der Waals surface area contributed by atoms with Crippen molar-refractivity contribution in [1.82, 2.24) is 10.6 Å². The van der Waals surface area contributed by atoms with Crippen molar-refractivity contribution in [3.8, 4) is 11.1 Å². The Kier molecular flexibility index (Phi) is 4.90. The summed E-state index contributed by atoms with van der Waals surface area (Å²) in [7, 11) is 0. The molecule has 0 saturated heterocycles. The Labute approximate surface area is 197 Å². The molecule has 5 unspecified atom stereocenters. The molecule has 3 N–H and O–H groups in total. The first kappa shape index (κ1) is 21.2. The number of hydrogen-bond acceptors (Lipinski definition) is 4. The van der Waals surface area contributed by atoms with E-state index in [1.54, 1.807) is 0 Å². The van der Waals surface area contributed by atoms with E-state index < -0.39 is 17.5 Å². The zero-order valence-electron chi connectivity index (χ0n) is 18.8. The quantitative estimate of drug-likeness (QED) is 0.586. The third-order valence-corrected chi connectivity index (χ3v) is 8.30. The van der Waals surface area contributed by atoms with Gasteiger partial charge in [0.2, 0.25) is 5.91 Å². The number of amides is 2. The molecule has 0 radical (unpaired) electrons. The monoisotopic (exact) mass is 460 g/mol. The predicted octanol–water partition coefficient (Wildman–Crippen LogP) is 3.53. The van der Waals surface area contributed by atoms with E-state index in [0.29, 0.717) is 13.0 Å². The van der Waals surface area contributed by atoms with Crippen LogP contribution in [-0.4, -0.2) is 42.3 Å². The van der Waals surface area contributed by atoms with Crippen LogP contribution in [0, 0.1) is 23.2 Å². The number of rotatable bonds is 7. The molecule has 7 nitrogen and oxygen atoms in total. The van der Waals surface area contributed by atoms with Gasteiger partial charge in [0.1, 0.15) is 6.61 Å². The van der Waals surface area contributed by atoms with Crippen LogP contribution >= 0.6 is 0 Å². The first-order chi connectivity index (χ1) is 16.5. The van der Waals surface area contributed by atoms with E-state index in [1.807, 2.05) is 24.3 Å². The largest absolute Gasteiger partial charge is 0.481 e. The molecule has 176 valence electrons. The van der Waals surface area contributed by atoms with Gasteiger partial charge in [-0.2, -0.15) is 0 Å². The van der Waals surface area contributed by atoms with Gasteiger partial charge in [-0.05, 0) is 59.8 Å². The Hall–Kier alpha value is -3.35. The molecule has 34 heavy (non-hydrogen) atoms. The molecule has 0 bridgehead atoms. The summed E-state index contributed by atoms with van der Waals surface area (Å²) in [4.78, 5) is 36.3. The highest BCUT2D eigenvalue weighted by atomic mass is 16.5. The van der Waals surface area contributed by atoms with Gasteiger partial charge in [-0.1, -0.05) is 48.5 Å². The number of alkyl carbamates (subject to hydrolysis) is 1. The average Bonchev–Trinajstić information content (AvgIpc) is 3.70. The average molecular weight is 461 g/mol. The number of nitrogens with one attached hydrogen (secondary N) is 2. The minimum atomic E-state index is -0.731. The molecule has 2 amide bonds. The lowest BCUT2D eigenvalue weighted by Gasteiger charge is -2.16. The van der Waals surface area contributed by atoms with Crippen LogP contribution in [0.25, 0.3) is 11.1 Å². The number of fused-ring (bicyclic) bond motifs is 4. The molecule has 0 spiro atoms. The smallest absolute Gasteiger partial charge is 0.407 e. The van der Waals surface area contributed by atoms with Gasteiger partial charge in [-0.25, -0.2) is 4.79 Å². The zero-order chi connectivity index (χ0) is 23.4. The van der Waals surface area contributed by atoms with E-state index in [9.17, 15) is 19.5 Å². The number of carbonyl (C=O) groups excluding carboxylic acids is 2. The summed E-state index contributed by atoms with van der Waals surface area (Å²) in [6.07, 6.45) is 2.30. The standard InChI is InChI=1S/C27H28N2O5/c30-24(29-17-10-16-11-27(16,12-17)25(31)32)22-9-15(22)13-28-26(33)34-14-23-20-7-3-1-5-18(20)19-6-2-4-8-21(19)23/h1-8,15-17,22-23H,9-14H2,(H,28,33)(H,29,30)(H,31,32). The molecule has 3 fully saturated rings. The Morgan fingerprint density at radius 1 is 0.971 bits per heavy atom. The van der Waals surface area contributed by atoms with Crippen LogP contribution in [0.5, 0.6) is 0 Å². The van der Waals surface area contributed by atoms with Gasteiger partial charge in [0, 0.05) is 24.4 Å². The number of benzene rings is 2. The number of carboxylic acid groups (broad SMARTS) is 1. The van der Waals surface area contributed by atoms with Crippen LogP contribution in [-0.2, 0) is 14.3 Å². The van der Waals surface area contributed by atoms with E-state index in [4.69, 9.17) is 4.74 Å². The Morgan fingerprint density at radius 3 is 2.29 bits per heavy atom. The van der Waals surface area contributed by atoms with E-state index in [0.717, 1.165) is 19.3 Å². The third kappa shape index (κ3) is 3.54. The molecular formula is C27H28N2O5. The predicted molar refractivity (Wildman–Crippen MR) is 124 cm³/mol. The molecule has 0 aliphatic heterocycles. The maximum atomic E-state index is 12.5. The fourth-order valence-corrected chi connectivity index (χ4v) is 6.23. The summed E-state index contributed by atoms with van der Waals surface area (Å²) >= 11 is 0. The molecule has 3 saturated carbocycles. The molecule has 0 aromatic heterocycles. The maximum absolute atomic E-state index is 12.5. The van der Waals surface area contributed by atoms with Crippen LogP contribution in [0.15, 0.2) is 48.5 Å². The molecule has 2 aromatic rings. The second-order valence-corrected chi connectivity index (χ2v) is 10.3. The fourth-order valence-electron chi connectivity index (χ4n) is 6.23. The first-order valence-electron chi connectivity index (χ1n) is 12.1. The Bertz CT molecular complexity index is 1130. The summed E-state index contributed by atoms with van der Waals surface area (Å²) in [5.41, 5.74) is 4.13. The molecule has 0 heterocycles.